The van der Waals surface area contributed by atoms with E-state index in [0.717, 1.165) is 0 Å². The number of aldehydes is 1. The first-order valence-corrected chi connectivity index (χ1v) is 24.1. The van der Waals surface area contributed by atoms with E-state index in [2.05, 4.69) is 31.9 Å². The molecule has 0 aromatic rings. The number of rotatable bonds is 28. The second-order valence-electron chi connectivity index (χ2n) is 18.1. The number of amides is 9. The highest BCUT2D eigenvalue weighted by atomic mass is 32.2. The monoisotopic (exact) mass is 969 g/mol. The summed E-state index contributed by atoms with van der Waals surface area (Å²) in [6.07, 6.45) is 2.28. The second-order valence-corrected chi connectivity index (χ2v) is 19.1. The Kier molecular flexibility index (Phi) is 24.2. The average molecular weight is 969 g/mol. The molecule has 0 aromatic heterocycles. The molecule has 0 saturated carbocycles. The Morgan fingerprint density at radius 1 is 0.687 bits per heavy atom. The number of nitrogens with one attached hydrogen (secondary N) is 6. The largest absolute Gasteiger partial charge is 0.481 e. The molecule has 12 N–H and O–H groups in total. The predicted molar refractivity (Wildman–Crippen MR) is 245 cm³/mol. The molecule has 24 heteroatoms. The SMILES string of the molecule is CSCC[C@H](NC(=O)[C@@H](N)CO)C(=O)N1CCC[C@H]1C(=O)N[C@@H](CC(N)=O)C(=O)N[C@@H](CC(C)C)C(=O)N[C@H](C(=O)N1CCC[C@H]1C(=O)N[C@@H](CCC(=O)O)C(=O)N[C@H](C=O)C(C)C)C(C)C. The van der Waals surface area contributed by atoms with Gasteiger partial charge in [-0.05, 0) is 74.7 Å². The van der Waals surface area contributed by atoms with E-state index in [-0.39, 0.29) is 57.0 Å². The summed E-state index contributed by atoms with van der Waals surface area (Å²) in [7, 11) is 0. The van der Waals surface area contributed by atoms with E-state index in [1.54, 1.807) is 47.8 Å². The number of hydrogen-bond acceptors (Lipinski definition) is 14. The third-order valence-corrected chi connectivity index (χ3v) is 12.1. The van der Waals surface area contributed by atoms with Crippen LogP contribution in [0.25, 0.3) is 0 Å². The number of carbonyl (C=O) groups is 11. The van der Waals surface area contributed by atoms with Gasteiger partial charge in [-0.2, -0.15) is 11.8 Å². The fourth-order valence-electron chi connectivity index (χ4n) is 7.69. The summed E-state index contributed by atoms with van der Waals surface area (Å²) in [6, 6.07) is -10.9. The Balaban J connectivity index is 2.30. The maximum atomic E-state index is 14.2. The summed E-state index contributed by atoms with van der Waals surface area (Å²) in [5, 5.41) is 34.1. The summed E-state index contributed by atoms with van der Waals surface area (Å²) < 4.78 is 0. The van der Waals surface area contributed by atoms with Gasteiger partial charge in [0, 0.05) is 19.5 Å². The molecule has 2 heterocycles. The zero-order valence-corrected chi connectivity index (χ0v) is 40.4. The van der Waals surface area contributed by atoms with Crippen molar-refractivity contribution in [1.29, 1.82) is 0 Å². The van der Waals surface area contributed by atoms with Gasteiger partial charge in [-0.3, -0.25) is 47.9 Å². The number of nitrogens with zero attached hydrogens (tertiary/aromatic N) is 2. The number of primary amides is 1. The minimum absolute atomic E-state index is 0.0398. The number of thioether (sulfide) groups is 1. The molecular weight excluding hydrogens is 897 g/mol. The second kappa shape index (κ2) is 28.1. The van der Waals surface area contributed by atoms with E-state index in [9.17, 15) is 63.0 Å². The lowest BCUT2D eigenvalue weighted by Gasteiger charge is -2.33. The molecule has 23 nitrogen and oxygen atoms in total. The number of hydrogen-bond donors (Lipinski definition) is 10. The van der Waals surface area contributed by atoms with Crippen LogP contribution in [0.1, 0.15) is 99.3 Å². The number of carboxylic acids is 1. The van der Waals surface area contributed by atoms with Crippen LogP contribution in [0.4, 0.5) is 0 Å². The predicted octanol–water partition coefficient (Wildman–Crippen LogP) is -2.75. The molecule has 2 saturated heterocycles. The third-order valence-electron chi connectivity index (χ3n) is 11.5. The van der Waals surface area contributed by atoms with Crippen molar-refractivity contribution in [2.24, 2.45) is 29.2 Å². The highest BCUT2D eigenvalue weighted by Gasteiger charge is 2.42. The van der Waals surface area contributed by atoms with Crippen LogP contribution in [-0.4, -0.2) is 172 Å². The van der Waals surface area contributed by atoms with E-state index in [1.807, 2.05) is 0 Å². The number of aliphatic hydroxyl groups excluding tert-OH is 1. The van der Waals surface area contributed by atoms with Crippen molar-refractivity contribution in [1.82, 2.24) is 41.7 Å². The van der Waals surface area contributed by atoms with Gasteiger partial charge in [-0.25, -0.2) is 0 Å². The van der Waals surface area contributed by atoms with Crippen molar-refractivity contribution in [3.8, 4) is 0 Å². The quantitative estimate of drug-likeness (QED) is 0.0356. The highest BCUT2D eigenvalue weighted by Crippen LogP contribution is 2.23. The minimum atomic E-state index is -1.60. The van der Waals surface area contributed by atoms with Crippen molar-refractivity contribution in [3.05, 3.63) is 0 Å². The summed E-state index contributed by atoms with van der Waals surface area (Å²) >= 11 is 1.42. The summed E-state index contributed by atoms with van der Waals surface area (Å²) in [5.41, 5.74) is 11.1. The zero-order chi connectivity index (χ0) is 50.7. The molecule has 0 unspecified atom stereocenters. The van der Waals surface area contributed by atoms with Crippen molar-refractivity contribution in [2.45, 2.75) is 154 Å². The molecule has 2 fully saturated rings. The molecule has 0 radical (unpaired) electrons. The van der Waals surface area contributed by atoms with Crippen molar-refractivity contribution in [3.63, 3.8) is 0 Å². The van der Waals surface area contributed by atoms with Crippen molar-refractivity contribution in [2.75, 3.05) is 31.7 Å². The highest BCUT2D eigenvalue weighted by molar-refractivity contribution is 7.98. The fraction of sp³-hybridized carbons (Fsp3) is 0.744. The van der Waals surface area contributed by atoms with Crippen LogP contribution in [0, 0.1) is 17.8 Å². The fourth-order valence-corrected chi connectivity index (χ4v) is 8.16. The summed E-state index contributed by atoms with van der Waals surface area (Å²) in [5.74, 6) is -8.78. The van der Waals surface area contributed by atoms with Crippen LogP contribution >= 0.6 is 11.8 Å². The van der Waals surface area contributed by atoms with Crippen LogP contribution < -0.4 is 43.4 Å². The Labute approximate surface area is 395 Å². The first kappa shape index (κ1) is 57.8. The molecule has 2 rings (SSSR count). The number of aliphatic hydroxyl groups is 1. The molecule has 2 aliphatic rings. The molecule has 67 heavy (non-hydrogen) atoms. The van der Waals surface area contributed by atoms with Gasteiger partial charge in [0.1, 0.15) is 54.6 Å². The molecule has 0 aliphatic carbocycles. The summed E-state index contributed by atoms with van der Waals surface area (Å²) in [6.45, 7) is 9.86. The third kappa shape index (κ3) is 18.0. The first-order chi connectivity index (χ1) is 31.5. The van der Waals surface area contributed by atoms with E-state index < -0.39 is 139 Å². The molecule has 2 aliphatic heterocycles. The number of carbonyl (C=O) groups excluding carboxylic acids is 10. The lowest BCUT2D eigenvalue weighted by molar-refractivity contribution is -0.144. The number of likely N-dealkylation sites (tertiary alicyclic amines) is 2. The normalized spacial score (nSPS) is 19.0. The molecule has 0 bridgehead atoms. The molecular formula is C43H72N10O13S. The standard InChI is InChI=1S/C43H72N10O13S/c1-22(2)18-28(48-38(61)29(19-33(45)56)49-41(64)31-10-8-15-52(31)42(65)27(14-17-67-7)47-36(59)25(44)20-54)39(62)51-35(24(5)6)43(66)53-16-9-11-32(53)40(63)46-26(12-13-34(57)58)37(60)50-30(21-55)23(3)4/h21-32,35,54H,8-20,44H2,1-7H3,(H2,45,56)(H,46,63)(H,47,59)(H,48,61)(H,49,64)(H,50,60)(H,51,62)(H,57,58)/t25-,26-,27-,28-,29-,30+,31-,32-,35-/m0/s1. The molecule has 9 atom stereocenters. The van der Waals surface area contributed by atoms with E-state index in [4.69, 9.17) is 11.5 Å². The van der Waals surface area contributed by atoms with Crippen LogP contribution in [0.5, 0.6) is 0 Å². The van der Waals surface area contributed by atoms with Gasteiger partial charge in [-0.1, -0.05) is 41.5 Å². The van der Waals surface area contributed by atoms with Gasteiger partial charge >= 0.3 is 5.97 Å². The lowest BCUT2D eigenvalue weighted by Crippen LogP contribution is -2.61. The van der Waals surface area contributed by atoms with Crippen molar-refractivity contribution < 1.29 is 63.0 Å². The Morgan fingerprint density at radius 3 is 1.69 bits per heavy atom. The number of nitrogens with two attached hydrogens (primary N) is 2. The van der Waals surface area contributed by atoms with Crippen LogP contribution in [0.2, 0.25) is 0 Å². The first-order valence-electron chi connectivity index (χ1n) is 22.7. The molecule has 378 valence electrons. The van der Waals surface area contributed by atoms with Gasteiger partial charge < -0.3 is 68.2 Å². The Morgan fingerprint density at radius 2 is 1.21 bits per heavy atom. The van der Waals surface area contributed by atoms with Crippen LogP contribution in [0.3, 0.4) is 0 Å². The van der Waals surface area contributed by atoms with Gasteiger partial charge in [0.25, 0.3) is 0 Å². The average Bonchev–Trinajstić information content (AvgIpc) is 3.97. The number of aliphatic carboxylic acids is 1. The van der Waals surface area contributed by atoms with Gasteiger partial charge in [0.2, 0.25) is 53.2 Å². The molecule has 9 amide bonds. The van der Waals surface area contributed by atoms with Gasteiger partial charge in [-0.15, -0.1) is 0 Å². The van der Waals surface area contributed by atoms with E-state index in [0.29, 0.717) is 24.9 Å². The van der Waals surface area contributed by atoms with Crippen LogP contribution in [-0.2, 0) is 52.7 Å². The topological polar surface area (TPSA) is 359 Å². The number of carboxylic acid groups (broad SMARTS) is 1. The Hall–Kier alpha value is -5.36. The smallest absolute Gasteiger partial charge is 0.303 e. The molecule has 0 spiro atoms. The minimum Gasteiger partial charge on any atom is -0.481 e. The Bertz CT molecular complexity index is 1790. The maximum absolute atomic E-state index is 14.2. The lowest BCUT2D eigenvalue weighted by atomic mass is 9.98. The van der Waals surface area contributed by atoms with Gasteiger partial charge in [0.15, 0.2) is 0 Å². The van der Waals surface area contributed by atoms with E-state index >= 15 is 0 Å². The van der Waals surface area contributed by atoms with Crippen LogP contribution in [0.15, 0.2) is 0 Å². The van der Waals surface area contributed by atoms with Crippen molar-refractivity contribution >= 4 is 77.2 Å². The summed E-state index contributed by atoms with van der Waals surface area (Å²) in [4.78, 5) is 147. The molecule has 0 aromatic carbocycles. The maximum Gasteiger partial charge on any atom is 0.303 e. The zero-order valence-electron chi connectivity index (χ0n) is 39.5. The van der Waals surface area contributed by atoms with E-state index in [1.165, 1.54) is 21.6 Å². The van der Waals surface area contributed by atoms with Gasteiger partial charge in [0.05, 0.1) is 19.1 Å².